The molecule has 1 N–H and O–H groups in total. The summed E-state index contributed by atoms with van der Waals surface area (Å²) in [5.74, 6) is 0. The topological polar surface area (TPSA) is 41.0 Å². The monoisotopic (exact) mass is 514 g/mol. The molecule has 1 aromatic carbocycles. The SMILES string of the molecule is Cc1cc(C)c(NCCN(Cc2cccc(C)n2)Cc2cccc(C)n2)c(C)c1.[Cl-].[Cl-].[Fe+2]. The molecule has 0 saturated carbocycles. The van der Waals surface area contributed by atoms with Crippen LogP contribution in [0.2, 0.25) is 0 Å². The number of nitrogens with zero attached hydrogens (tertiary/aromatic N) is 3. The number of aryl methyl sites for hydroxylation is 5. The van der Waals surface area contributed by atoms with Crippen molar-refractivity contribution in [2.45, 2.75) is 47.7 Å². The van der Waals surface area contributed by atoms with E-state index >= 15 is 0 Å². The van der Waals surface area contributed by atoms with E-state index in [1.807, 2.05) is 26.0 Å². The Morgan fingerprint density at radius 1 is 0.750 bits per heavy atom. The molecule has 2 heterocycles. The van der Waals surface area contributed by atoms with Gasteiger partial charge in [-0.05, 0) is 70.0 Å². The van der Waals surface area contributed by atoms with Gasteiger partial charge in [-0.2, -0.15) is 0 Å². The molecule has 0 unspecified atom stereocenters. The molecule has 2 aromatic heterocycles. The number of aromatic nitrogens is 2. The normalized spacial score (nSPS) is 10.1. The Morgan fingerprint density at radius 2 is 1.22 bits per heavy atom. The molecule has 0 aliphatic rings. The third kappa shape index (κ3) is 9.09. The molecule has 0 amide bonds. The number of hydrogen-bond acceptors (Lipinski definition) is 4. The van der Waals surface area contributed by atoms with E-state index in [0.717, 1.165) is 49.0 Å². The van der Waals surface area contributed by atoms with E-state index in [4.69, 9.17) is 9.97 Å². The first-order valence-corrected chi connectivity index (χ1v) is 10.3. The average Bonchev–Trinajstić information content (AvgIpc) is 2.64. The number of pyridine rings is 2. The summed E-state index contributed by atoms with van der Waals surface area (Å²) in [6.45, 7) is 14.0. The number of halogens is 2. The van der Waals surface area contributed by atoms with Gasteiger partial charge in [-0.15, -0.1) is 0 Å². The van der Waals surface area contributed by atoms with Gasteiger partial charge in [0.05, 0.1) is 11.4 Å². The van der Waals surface area contributed by atoms with Gasteiger partial charge in [-0.1, -0.05) is 29.8 Å². The molecule has 0 aliphatic carbocycles. The third-order valence-electron chi connectivity index (χ3n) is 5.07. The molecule has 0 fully saturated rings. The Labute approximate surface area is 215 Å². The molecular formula is C25H32Cl2FeN4. The van der Waals surface area contributed by atoms with E-state index in [1.54, 1.807) is 0 Å². The molecule has 0 saturated heterocycles. The van der Waals surface area contributed by atoms with Crippen molar-refractivity contribution in [1.29, 1.82) is 0 Å². The molecule has 4 nitrogen and oxygen atoms in total. The first-order chi connectivity index (χ1) is 13.9. The van der Waals surface area contributed by atoms with Gasteiger partial charge in [-0.25, -0.2) is 0 Å². The van der Waals surface area contributed by atoms with E-state index in [9.17, 15) is 0 Å². The van der Waals surface area contributed by atoms with Gasteiger partial charge < -0.3 is 30.1 Å². The molecule has 3 aromatic rings. The minimum Gasteiger partial charge on any atom is -1.00 e. The quantitative estimate of drug-likeness (QED) is 0.397. The molecule has 0 radical (unpaired) electrons. The Balaban J connectivity index is 0.00000320. The maximum Gasteiger partial charge on any atom is 2.00 e. The van der Waals surface area contributed by atoms with Gasteiger partial charge in [0.25, 0.3) is 0 Å². The fourth-order valence-electron chi connectivity index (χ4n) is 3.85. The van der Waals surface area contributed by atoms with Gasteiger partial charge in [0.15, 0.2) is 0 Å². The summed E-state index contributed by atoms with van der Waals surface area (Å²) in [5, 5.41) is 3.65. The first kappa shape index (κ1) is 30.4. The van der Waals surface area contributed by atoms with Crippen LogP contribution < -0.4 is 30.1 Å². The van der Waals surface area contributed by atoms with Crippen LogP contribution >= 0.6 is 0 Å². The summed E-state index contributed by atoms with van der Waals surface area (Å²) in [6.07, 6.45) is 0. The molecule has 0 bridgehead atoms. The van der Waals surface area contributed by atoms with Gasteiger partial charge in [0.1, 0.15) is 0 Å². The van der Waals surface area contributed by atoms with Gasteiger partial charge in [0, 0.05) is 43.3 Å². The zero-order chi connectivity index (χ0) is 20.8. The number of rotatable bonds is 8. The molecule has 32 heavy (non-hydrogen) atoms. The van der Waals surface area contributed by atoms with Crippen molar-refractivity contribution >= 4 is 5.69 Å². The smallest absolute Gasteiger partial charge is 1.00 e. The first-order valence-electron chi connectivity index (χ1n) is 10.3. The van der Waals surface area contributed by atoms with E-state index in [0.29, 0.717) is 0 Å². The fourth-order valence-corrected chi connectivity index (χ4v) is 3.85. The Morgan fingerprint density at radius 3 is 1.66 bits per heavy atom. The zero-order valence-corrected chi connectivity index (χ0v) is 22.0. The van der Waals surface area contributed by atoms with Crippen molar-refractivity contribution in [2.75, 3.05) is 18.4 Å². The van der Waals surface area contributed by atoms with E-state index in [-0.39, 0.29) is 41.9 Å². The van der Waals surface area contributed by atoms with Gasteiger partial charge >= 0.3 is 17.1 Å². The van der Waals surface area contributed by atoms with Crippen molar-refractivity contribution in [3.05, 3.63) is 88.0 Å². The average molecular weight is 515 g/mol. The van der Waals surface area contributed by atoms with E-state index in [1.165, 1.54) is 22.4 Å². The van der Waals surface area contributed by atoms with Crippen molar-refractivity contribution in [3.8, 4) is 0 Å². The van der Waals surface area contributed by atoms with Crippen LogP contribution in [-0.2, 0) is 30.2 Å². The van der Waals surface area contributed by atoms with E-state index in [2.05, 4.69) is 67.4 Å². The predicted molar refractivity (Wildman–Crippen MR) is 121 cm³/mol. The van der Waals surface area contributed by atoms with Crippen LogP contribution in [0.4, 0.5) is 5.69 Å². The van der Waals surface area contributed by atoms with Crippen LogP contribution in [0, 0.1) is 34.6 Å². The van der Waals surface area contributed by atoms with Crippen LogP contribution in [0.25, 0.3) is 0 Å². The minimum absolute atomic E-state index is 0. The second kappa shape index (κ2) is 14.5. The van der Waals surface area contributed by atoms with Crippen LogP contribution in [0.15, 0.2) is 48.5 Å². The summed E-state index contributed by atoms with van der Waals surface area (Å²) in [7, 11) is 0. The summed E-state index contributed by atoms with van der Waals surface area (Å²) < 4.78 is 0. The maximum absolute atomic E-state index is 4.69. The summed E-state index contributed by atoms with van der Waals surface area (Å²) in [5.41, 5.74) is 9.46. The Bertz CT molecular complexity index is 911. The van der Waals surface area contributed by atoms with Crippen molar-refractivity contribution in [1.82, 2.24) is 14.9 Å². The number of nitrogens with one attached hydrogen (secondary N) is 1. The van der Waals surface area contributed by atoms with Crippen LogP contribution in [0.1, 0.15) is 39.5 Å². The Kier molecular flexibility index (Phi) is 13.8. The second-order valence-corrected chi connectivity index (χ2v) is 7.95. The number of anilines is 1. The standard InChI is InChI=1S/C25H32N4.2ClH.Fe/c1-18-14-19(2)25(20(3)15-18)26-12-13-29(16-23-10-6-8-21(4)27-23)17-24-11-7-9-22(5)28-24;;;/h6-11,14-15,26H,12-13,16-17H2,1-5H3;2*1H;/q;;;+2/p-2. The zero-order valence-electron chi connectivity index (χ0n) is 19.4. The molecule has 174 valence electrons. The summed E-state index contributed by atoms with van der Waals surface area (Å²) in [4.78, 5) is 11.8. The molecule has 0 spiro atoms. The summed E-state index contributed by atoms with van der Waals surface area (Å²) >= 11 is 0. The van der Waals surface area contributed by atoms with Crippen LogP contribution in [-0.4, -0.2) is 28.0 Å². The fraction of sp³-hybridized carbons (Fsp3) is 0.360. The summed E-state index contributed by atoms with van der Waals surface area (Å²) in [6, 6.07) is 16.9. The largest absolute Gasteiger partial charge is 2.00 e. The Hall–Kier alpha value is -1.62. The third-order valence-corrected chi connectivity index (χ3v) is 5.07. The van der Waals surface area contributed by atoms with Crippen LogP contribution in [0.5, 0.6) is 0 Å². The van der Waals surface area contributed by atoms with Gasteiger partial charge in [-0.3, -0.25) is 14.9 Å². The molecule has 7 heteroatoms. The molecule has 0 aliphatic heterocycles. The van der Waals surface area contributed by atoms with Crippen molar-refractivity contribution in [2.24, 2.45) is 0 Å². The predicted octanol–water partition coefficient (Wildman–Crippen LogP) is -0.861. The van der Waals surface area contributed by atoms with Crippen molar-refractivity contribution in [3.63, 3.8) is 0 Å². The van der Waals surface area contributed by atoms with Gasteiger partial charge in [0.2, 0.25) is 0 Å². The molecule has 0 atom stereocenters. The number of benzene rings is 1. The van der Waals surface area contributed by atoms with E-state index < -0.39 is 0 Å². The maximum atomic E-state index is 4.69. The molecular weight excluding hydrogens is 483 g/mol. The van der Waals surface area contributed by atoms with Crippen LogP contribution in [0.3, 0.4) is 0 Å². The number of hydrogen-bond donors (Lipinski definition) is 1. The minimum atomic E-state index is 0. The second-order valence-electron chi connectivity index (χ2n) is 7.95. The van der Waals surface area contributed by atoms with Crippen molar-refractivity contribution < 1.29 is 41.9 Å². The molecule has 3 rings (SSSR count).